The molecule has 0 aliphatic carbocycles. The molecule has 100 valence electrons. The summed E-state index contributed by atoms with van der Waals surface area (Å²) >= 11 is 1.07. The van der Waals surface area contributed by atoms with Gasteiger partial charge in [-0.3, -0.25) is 4.79 Å². The van der Waals surface area contributed by atoms with E-state index in [1.54, 1.807) is 0 Å². The summed E-state index contributed by atoms with van der Waals surface area (Å²) in [6.45, 7) is 0. The van der Waals surface area contributed by atoms with Gasteiger partial charge in [-0.05, 0) is 11.6 Å². The highest BCUT2D eigenvalue weighted by Gasteiger charge is 2.32. The first-order valence-corrected chi connectivity index (χ1v) is 6.19. The number of carboxylic acid groups (broad SMARTS) is 1. The number of rotatable bonds is 5. The fourth-order valence-corrected chi connectivity index (χ4v) is 2.28. The Hall–Kier alpha value is -1.21. The average Bonchev–Trinajstić information content (AvgIpc) is 2.28. The van der Waals surface area contributed by atoms with Gasteiger partial charge in [0, 0.05) is 11.5 Å². The monoisotopic (exact) mass is 279 g/mol. The van der Waals surface area contributed by atoms with E-state index in [0.29, 0.717) is 0 Å². The van der Waals surface area contributed by atoms with Crippen LogP contribution in [0.25, 0.3) is 0 Å². The van der Waals surface area contributed by atoms with Gasteiger partial charge >= 0.3 is 12.1 Å². The zero-order chi connectivity index (χ0) is 13.8. The number of alkyl halides is 3. The lowest BCUT2D eigenvalue weighted by molar-refractivity contribution is -0.139. The van der Waals surface area contributed by atoms with Crippen LogP contribution in [0.5, 0.6) is 0 Å². The summed E-state index contributed by atoms with van der Waals surface area (Å²) < 4.78 is 37.9. The second-order valence-electron chi connectivity index (χ2n) is 3.61. The van der Waals surface area contributed by atoms with Crippen LogP contribution in [0.2, 0.25) is 0 Å². The van der Waals surface area contributed by atoms with Crippen molar-refractivity contribution < 1.29 is 23.1 Å². The Morgan fingerprint density at radius 3 is 2.56 bits per heavy atom. The average molecular weight is 279 g/mol. The SMILES string of the molecule is N[C@H](CSCc1ccccc1C(F)(F)F)C(=O)O. The number of thioether (sulfide) groups is 1. The Kier molecular flexibility index (Phi) is 5.03. The summed E-state index contributed by atoms with van der Waals surface area (Å²) in [5.41, 5.74) is 4.70. The Balaban J connectivity index is 2.66. The number of carbonyl (C=O) groups is 1. The summed E-state index contributed by atoms with van der Waals surface area (Å²) in [6, 6.07) is 4.16. The molecule has 0 fully saturated rings. The van der Waals surface area contributed by atoms with Crippen LogP contribution < -0.4 is 5.73 Å². The summed E-state index contributed by atoms with van der Waals surface area (Å²) in [4.78, 5) is 10.4. The summed E-state index contributed by atoms with van der Waals surface area (Å²) in [6.07, 6.45) is -4.40. The van der Waals surface area contributed by atoms with Crippen molar-refractivity contribution in [3.05, 3.63) is 35.4 Å². The summed E-state index contributed by atoms with van der Waals surface area (Å²) in [7, 11) is 0. The molecular weight excluding hydrogens is 267 g/mol. The van der Waals surface area contributed by atoms with Crippen molar-refractivity contribution in [3.63, 3.8) is 0 Å². The van der Waals surface area contributed by atoms with Crippen molar-refractivity contribution in [2.24, 2.45) is 5.73 Å². The van der Waals surface area contributed by atoms with Crippen LogP contribution in [0.4, 0.5) is 13.2 Å². The van der Waals surface area contributed by atoms with Crippen molar-refractivity contribution in [1.82, 2.24) is 0 Å². The standard InChI is InChI=1S/C11H12F3NO2S/c12-11(13,14)8-4-2-1-3-7(8)5-18-6-9(15)10(16)17/h1-4,9H,5-6,15H2,(H,16,17)/t9-/m1/s1. The molecule has 0 spiro atoms. The van der Waals surface area contributed by atoms with Crippen molar-refractivity contribution >= 4 is 17.7 Å². The van der Waals surface area contributed by atoms with Gasteiger partial charge in [0.25, 0.3) is 0 Å². The highest BCUT2D eigenvalue weighted by Crippen LogP contribution is 2.33. The molecule has 1 atom stereocenters. The van der Waals surface area contributed by atoms with Crippen LogP contribution in [0.3, 0.4) is 0 Å². The minimum Gasteiger partial charge on any atom is -0.480 e. The van der Waals surface area contributed by atoms with Gasteiger partial charge in [0.2, 0.25) is 0 Å². The van der Waals surface area contributed by atoms with E-state index in [-0.39, 0.29) is 17.1 Å². The molecule has 0 radical (unpaired) electrons. The van der Waals surface area contributed by atoms with E-state index in [0.717, 1.165) is 17.8 Å². The summed E-state index contributed by atoms with van der Waals surface area (Å²) in [5.74, 6) is -1.01. The minimum atomic E-state index is -4.40. The maximum absolute atomic E-state index is 12.6. The molecule has 0 amide bonds. The fourth-order valence-electron chi connectivity index (χ4n) is 1.29. The first-order chi connectivity index (χ1) is 8.32. The molecule has 1 rings (SSSR count). The number of nitrogens with two attached hydrogens (primary N) is 1. The van der Waals surface area contributed by atoms with Gasteiger partial charge in [-0.1, -0.05) is 18.2 Å². The molecule has 3 nitrogen and oxygen atoms in total. The maximum Gasteiger partial charge on any atom is 0.416 e. The highest BCUT2D eigenvalue weighted by molar-refractivity contribution is 7.98. The van der Waals surface area contributed by atoms with Gasteiger partial charge in [-0.25, -0.2) is 0 Å². The molecule has 0 unspecified atom stereocenters. The highest BCUT2D eigenvalue weighted by atomic mass is 32.2. The molecule has 0 bridgehead atoms. The van der Waals surface area contributed by atoms with Crippen molar-refractivity contribution in [3.8, 4) is 0 Å². The minimum absolute atomic E-state index is 0.0710. The first-order valence-electron chi connectivity index (χ1n) is 5.03. The third-order valence-electron chi connectivity index (χ3n) is 2.19. The Labute approximate surface area is 106 Å². The molecule has 3 N–H and O–H groups in total. The van der Waals surface area contributed by atoms with Gasteiger partial charge in [-0.15, -0.1) is 0 Å². The molecule has 0 heterocycles. The third-order valence-corrected chi connectivity index (χ3v) is 3.30. The number of hydrogen-bond donors (Lipinski definition) is 2. The van der Waals surface area contributed by atoms with Gasteiger partial charge in [0.1, 0.15) is 6.04 Å². The van der Waals surface area contributed by atoms with Crippen LogP contribution in [-0.4, -0.2) is 22.9 Å². The van der Waals surface area contributed by atoms with E-state index in [1.165, 1.54) is 18.2 Å². The maximum atomic E-state index is 12.6. The molecule has 1 aromatic carbocycles. The van der Waals surface area contributed by atoms with Gasteiger partial charge in [0.05, 0.1) is 5.56 Å². The Morgan fingerprint density at radius 1 is 1.39 bits per heavy atom. The van der Waals surface area contributed by atoms with E-state index in [9.17, 15) is 18.0 Å². The Bertz CT molecular complexity index is 423. The zero-order valence-corrected chi connectivity index (χ0v) is 10.1. The number of hydrogen-bond acceptors (Lipinski definition) is 3. The van der Waals surface area contributed by atoms with Gasteiger partial charge in [-0.2, -0.15) is 24.9 Å². The number of benzene rings is 1. The molecule has 7 heteroatoms. The molecule has 0 saturated carbocycles. The quantitative estimate of drug-likeness (QED) is 0.868. The summed E-state index contributed by atoms with van der Waals surface area (Å²) in [5, 5.41) is 8.54. The van der Waals surface area contributed by atoms with Crippen LogP contribution in [0.1, 0.15) is 11.1 Å². The zero-order valence-electron chi connectivity index (χ0n) is 9.28. The molecule has 0 saturated heterocycles. The van der Waals surface area contributed by atoms with Crippen LogP contribution in [0, 0.1) is 0 Å². The predicted molar refractivity (Wildman–Crippen MR) is 63.2 cm³/mol. The predicted octanol–water partition coefficient (Wildman–Crippen LogP) is 2.35. The fraction of sp³-hybridized carbons (Fsp3) is 0.364. The van der Waals surface area contributed by atoms with Crippen LogP contribution in [0.15, 0.2) is 24.3 Å². The number of carboxylic acids is 1. The number of halogens is 3. The molecular formula is C11H12F3NO2S. The smallest absolute Gasteiger partial charge is 0.416 e. The largest absolute Gasteiger partial charge is 0.480 e. The number of aliphatic carboxylic acids is 1. The van der Waals surface area contributed by atoms with Crippen molar-refractivity contribution in [1.29, 1.82) is 0 Å². The van der Waals surface area contributed by atoms with Crippen molar-refractivity contribution in [2.75, 3.05) is 5.75 Å². The van der Waals surface area contributed by atoms with Crippen molar-refractivity contribution in [2.45, 2.75) is 18.0 Å². The van der Waals surface area contributed by atoms with Gasteiger partial charge < -0.3 is 10.8 Å². The topological polar surface area (TPSA) is 63.3 Å². The second kappa shape index (κ2) is 6.10. The molecule has 1 aromatic rings. The van der Waals surface area contributed by atoms with E-state index in [4.69, 9.17) is 10.8 Å². The lowest BCUT2D eigenvalue weighted by atomic mass is 10.1. The lowest BCUT2D eigenvalue weighted by Gasteiger charge is -2.12. The molecule has 0 aliphatic heterocycles. The van der Waals surface area contributed by atoms with E-state index < -0.39 is 23.8 Å². The molecule has 0 aliphatic rings. The molecule has 0 aromatic heterocycles. The van der Waals surface area contributed by atoms with Crippen LogP contribution >= 0.6 is 11.8 Å². The van der Waals surface area contributed by atoms with E-state index >= 15 is 0 Å². The second-order valence-corrected chi connectivity index (χ2v) is 4.65. The normalized spacial score (nSPS) is 13.3. The Morgan fingerprint density at radius 2 is 2.00 bits per heavy atom. The lowest BCUT2D eigenvalue weighted by Crippen LogP contribution is -2.32. The van der Waals surface area contributed by atoms with Gasteiger partial charge in [0.15, 0.2) is 0 Å². The van der Waals surface area contributed by atoms with Crippen LogP contribution in [-0.2, 0) is 16.7 Å². The van der Waals surface area contributed by atoms with E-state index in [1.807, 2.05) is 0 Å². The van der Waals surface area contributed by atoms with E-state index in [2.05, 4.69) is 0 Å². The first kappa shape index (κ1) is 14.8. The molecule has 18 heavy (non-hydrogen) atoms. The third kappa shape index (κ3) is 4.23.